The van der Waals surface area contributed by atoms with Gasteiger partial charge in [-0.1, -0.05) is 104 Å². The van der Waals surface area contributed by atoms with Gasteiger partial charge in [-0.05, 0) is 102 Å². The Morgan fingerprint density at radius 3 is 2.12 bits per heavy atom. The number of aliphatic imine (C=N–C) groups is 1. The monoisotopic (exact) mass is 823 g/mol. The molecule has 1 saturated heterocycles. The molecule has 2 amide bonds. The van der Waals surface area contributed by atoms with Crippen LogP contribution in [-0.2, 0) is 4.43 Å². The minimum Gasteiger partial charge on any atom is -0.484 e. The Kier molecular flexibility index (Phi) is 15.2. The van der Waals surface area contributed by atoms with E-state index in [2.05, 4.69) is 57.1 Å². The maximum atomic E-state index is 13.6. The van der Waals surface area contributed by atoms with Gasteiger partial charge in [-0.25, -0.2) is 9.79 Å². The molecule has 1 fully saturated rings. The predicted molar refractivity (Wildman–Crippen MR) is 243 cm³/mol. The summed E-state index contributed by atoms with van der Waals surface area (Å²) in [6.07, 6.45) is 6.10. The van der Waals surface area contributed by atoms with E-state index in [4.69, 9.17) is 30.4 Å². The average molecular weight is 823 g/mol. The molecule has 59 heavy (non-hydrogen) atoms. The summed E-state index contributed by atoms with van der Waals surface area (Å²) in [5, 5.41) is 32.6. The fourth-order valence-electron chi connectivity index (χ4n) is 9.05. The van der Waals surface area contributed by atoms with Gasteiger partial charge in [0.05, 0.1) is 17.9 Å². The number of piperidine rings is 1. The molecule has 0 spiro atoms. The van der Waals surface area contributed by atoms with Crippen molar-refractivity contribution in [1.82, 2.24) is 20.1 Å². The summed E-state index contributed by atoms with van der Waals surface area (Å²) in [7, 11) is -1.88. The molecule has 5 N–H and O–H groups in total. The van der Waals surface area contributed by atoms with Crippen molar-refractivity contribution >= 4 is 37.5 Å². The number of carbonyl (C=O) groups excluding carboxylic acids is 1. The zero-order chi connectivity index (χ0) is 43.1. The van der Waals surface area contributed by atoms with E-state index in [1.54, 1.807) is 22.9 Å². The van der Waals surface area contributed by atoms with E-state index in [1.807, 2.05) is 76.2 Å². The van der Waals surface area contributed by atoms with E-state index in [9.17, 15) is 4.79 Å². The van der Waals surface area contributed by atoms with Crippen molar-refractivity contribution in [2.45, 2.75) is 137 Å². The standard InChI is InChI=1S/C47H70N8O3Si/c1-31(2)59(32(3)4,33(5)6)57-28-25-35-23-26-54(27-24-35)45(50)55-30-37(19-22-43(55)49)58-41-21-20-40(38-13-11-12-14-39(38)41)52-46(56)53-44(29-42(48)47(8,9)10)51-36-17-15-34(7)16-18-36/h11-19,22,30-33,35,40-41,48-50H,20-21,23-29H2,1-10H3,(H2,51,52,53,56). The number of carbonyl (C=O) groups is 1. The molecule has 2 aliphatic rings. The lowest BCUT2D eigenvalue weighted by atomic mass is 9.85. The lowest BCUT2D eigenvalue weighted by Gasteiger charge is -2.42. The van der Waals surface area contributed by atoms with E-state index < -0.39 is 8.32 Å². The van der Waals surface area contributed by atoms with Crippen LogP contribution in [0.2, 0.25) is 16.6 Å². The minimum atomic E-state index is -1.88. The Morgan fingerprint density at radius 2 is 1.51 bits per heavy atom. The minimum absolute atomic E-state index is 0.224. The SMILES string of the molecule is Cc1ccc(N=C(CC(=N)C(C)(C)C)NC(=O)NC2CCC(Oc3ccc(=N)n(C(=N)N4CCC(CCO[Si](C(C)C)(C(C)C)C(C)C)CC4)c3)c3ccccc32)cc1. The zero-order valence-electron chi connectivity index (χ0n) is 37.2. The Hall–Kier alpha value is -4.55. The molecule has 2 atom stereocenters. The smallest absolute Gasteiger partial charge is 0.320 e. The number of benzene rings is 2. The number of fused-ring (bicyclic) bond motifs is 1. The number of nitrogens with zero attached hydrogens (tertiary/aromatic N) is 3. The predicted octanol–water partition coefficient (Wildman–Crippen LogP) is 10.8. The molecule has 0 radical (unpaired) electrons. The molecule has 5 rings (SSSR count). The lowest BCUT2D eigenvalue weighted by molar-refractivity contribution is 0.170. The third kappa shape index (κ3) is 11.4. The maximum Gasteiger partial charge on any atom is 0.320 e. The van der Waals surface area contributed by atoms with Gasteiger partial charge in [-0.2, -0.15) is 0 Å². The van der Waals surface area contributed by atoms with E-state index in [-0.39, 0.29) is 35.5 Å². The summed E-state index contributed by atoms with van der Waals surface area (Å²) in [5.41, 5.74) is 5.89. The molecule has 1 aliphatic carbocycles. The van der Waals surface area contributed by atoms with Gasteiger partial charge >= 0.3 is 6.03 Å². The summed E-state index contributed by atoms with van der Waals surface area (Å²) in [6.45, 7) is 24.4. The van der Waals surface area contributed by atoms with Crippen LogP contribution in [0.1, 0.15) is 130 Å². The van der Waals surface area contributed by atoms with Gasteiger partial charge in [0, 0.05) is 31.8 Å². The molecule has 11 nitrogen and oxygen atoms in total. The second-order valence-corrected chi connectivity index (χ2v) is 24.1. The van der Waals surface area contributed by atoms with Crippen LogP contribution in [0.25, 0.3) is 0 Å². The van der Waals surface area contributed by atoms with Gasteiger partial charge < -0.3 is 24.8 Å². The van der Waals surface area contributed by atoms with Gasteiger partial charge in [0.15, 0.2) is 8.32 Å². The number of hydrogen-bond acceptors (Lipinski definition) is 7. The van der Waals surface area contributed by atoms with Crippen LogP contribution in [-0.4, -0.2) is 61.0 Å². The van der Waals surface area contributed by atoms with Crippen molar-refractivity contribution in [2.24, 2.45) is 16.3 Å². The number of nitrogens with one attached hydrogen (secondary N) is 5. The van der Waals surface area contributed by atoms with Crippen LogP contribution in [0.15, 0.2) is 71.9 Å². The number of aryl methyl sites for hydroxylation is 1. The Balaban J connectivity index is 1.21. The molecular formula is C47H70N8O3Si. The Morgan fingerprint density at radius 1 is 0.881 bits per heavy atom. The molecule has 2 aromatic carbocycles. The number of amidine groups is 1. The van der Waals surface area contributed by atoms with Crippen molar-refractivity contribution in [3.8, 4) is 5.75 Å². The molecule has 0 saturated carbocycles. The van der Waals surface area contributed by atoms with Gasteiger partial charge in [0.25, 0.3) is 0 Å². The highest BCUT2D eigenvalue weighted by molar-refractivity contribution is 6.77. The van der Waals surface area contributed by atoms with Crippen LogP contribution in [0.3, 0.4) is 0 Å². The van der Waals surface area contributed by atoms with Crippen molar-refractivity contribution in [3.05, 3.63) is 89.0 Å². The number of likely N-dealkylation sites (tertiary alicyclic amines) is 1. The second-order valence-electron chi connectivity index (χ2n) is 18.6. The molecular weight excluding hydrogens is 753 g/mol. The van der Waals surface area contributed by atoms with E-state index in [0.29, 0.717) is 64.3 Å². The number of rotatable bonds is 13. The van der Waals surface area contributed by atoms with Gasteiger partial charge in [0.2, 0.25) is 5.96 Å². The number of hydrogen-bond donors (Lipinski definition) is 5. The summed E-state index contributed by atoms with van der Waals surface area (Å²) < 4.78 is 15.1. The van der Waals surface area contributed by atoms with E-state index >= 15 is 0 Å². The van der Waals surface area contributed by atoms with Crippen molar-refractivity contribution < 1.29 is 14.0 Å². The van der Waals surface area contributed by atoms with Crippen LogP contribution in [0.4, 0.5) is 10.5 Å². The van der Waals surface area contributed by atoms with Crippen molar-refractivity contribution in [2.75, 3.05) is 19.7 Å². The lowest BCUT2D eigenvalue weighted by Crippen LogP contribution is -2.48. The molecule has 1 aliphatic heterocycles. The molecule has 2 unspecified atom stereocenters. The Bertz CT molecular complexity index is 1990. The number of amides is 2. The first-order valence-corrected chi connectivity index (χ1v) is 23.8. The van der Waals surface area contributed by atoms with Crippen molar-refractivity contribution in [1.29, 1.82) is 16.2 Å². The van der Waals surface area contributed by atoms with Crippen LogP contribution >= 0.6 is 0 Å². The second kappa shape index (κ2) is 19.7. The molecule has 2 heterocycles. The highest BCUT2D eigenvalue weighted by Crippen LogP contribution is 2.43. The molecule has 0 bridgehead atoms. The van der Waals surface area contributed by atoms with Crippen LogP contribution in [0, 0.1) is 34.5 Å². The summed E-state index contributed by atoms with van der Waals surface area (Å²) in [4.78, 5) is 20.4. The first kappa shape index (κ1) is 45.5. The van der Waals surface area contributed by atoms with E-state index in [0.717, 1.165) is 55.6 Å². The largest absolute Gasteiger partial charge is 0.484 e. The highest BCUT2D eigenvalue weighted by Gasteiger charge is 2.45. The topological polar surface area (TPSA) is 152 Å². The quantitative estimate of drug-likeness (QED) is 0.0662. The molecule has 12 heteroatoms. The molecule has 320 valence electrons. The normalized spacial score (nSPS) is 17.9. The van der Waals surface area contributed by atoms with Gasteiger partial charge in [-0.3, -0.25) is 20.7 Å². The average Bonchev–Trinajstić information content (AvgIpc) is 3.18. The molecule has 1 aromatic heterocycles. The van der Waals surface area contributed by atoms with Crippen molar-refractivity contribution in [3.63, 3.8) is 0 Å². The number of pyridine rings is 1. The summed E-state index contributed by atoms with van der Waals surface area (Å²) >= 11 is 0. The first-order valence-electron chi connectivity index (χ1n) is 21.7. The third-order valence-corrected chi connectivity index (χ3v) is 18.6. The summed E-state index contributed by atoms with van der Waals surface area (Å²) in [5.74, 6) is 1.88. The fourth-order valence-corrected chi connectivity index (χ4v) is 14.5. The number of ether oxygens (including phenoxy) is 1. The molecule has 3 aromatic rings. The fraction of sp³-hybridized carbons (Fsp3) is 0.553. The van der Waals surface area contributed by atoms with Crippen LogP contribution in [0.5, 0.6) is 5.75 Å². The van der Waals surface area contributed by atoms with E-state index in [1.165, 1.54) is 0 Å². The number of aromatic nitrogens is 1. The maximum absolute atomic E-state index is 13.6. The Labute approximate surface area is 354 Å². The van der Waals surface area contributed by atoms with Crippen LogP contribution < -0.4 is 20.9 Å². The number of urea groups is 1. The first-order chi connectivity index (χ1) is 27.9. The van der Waals surface area contributed by atoms with Gasteiger partial charge in [0.1, 0.15) is 23.2 Å². The summed E-state index contributed by atoms with van der Waals surface area (Å²) in [6, 6.07) is 18.7. The van der Waals surface area contributed by atoms with Gasteiger partial charge in [-0.15, -0.1) is 0 Å². The zero-order valence-corrected chi connectivity index (χ0v) is 38.2. The highest BCUT2D eigenvalue weighted by atomic mass is 28.4. The third-order valence-electron chi connectivity index (χ3n) is 12.5.